The lowest BCUT2D eigenvalue weighted by molar-refractivity contribution is -0.138. The SMILES string of the molecule is OCCSCc1ccnc(NCc2ncccc2C(F)(F)F)c1. The monoisotopic (exact) mass is 343 g/mol. The number of hydrogen-bond donors (Lipinski definition) is 2. The minimum Gasteiger partial charge on any atom is -0.396 e. The van der Waals surface area contributed by atoms with Gasteiger partial charge in [0, 0.05) is 23.9 Å². The molecule has 2 heterocycles. The Hall–Kier alpha value is -1.80. The van der Waals surface area contributed by atoms with Crippen LogP contribution in [0.25, 0.3) is 0 Å². The minimum absolute atomic E-state index is 0.0596. The summed E-state index contributed by atoms with van der Waals surface area (Å²) in [6.07, 6.45) is -1.50. The molecule has 0 radical (unpaired) electrons. The number of nitrogens with zero attached hydrogens (tertiary/aromatic N) is 2. The lowest BCUT2D eigenvalue weighted by atomic mass is 10.2. The van der Waals surface area contributed by atoms with Crippen molar-refractivity contribution in [1.82, 2.24) is 9.97 Å². The van der Waals surface area contributed by atoms with Crippen LogP contribution in [-0.2, 0) is 18.5 Å². The summed E-state index contributed by atoms with van der Waals surface area (Å²) >= 11 is 1.57. The van der Waals surface area contributed by atoms with Crippen LogP contribution in [0.1, 0.15) is 16.8 Å². The van der Waals surface area contributed by atoms with E-state index in [-0.39, 0.29) is 18.8 Å². The first-order valence-electron chi connectivity index (χ1n) is 6.89. The number of aromatic nitrogens is 2. The average molecular weight is 343 g/mol. The van der Waals surface area contributed by atoms with E-state index in [1.807, 2.05) is 6.07 Å². The van der Waals surface area contributed by atoms with Crippen molar-refractivity contribution < 1.29 is 18.3 Å². The number of aliphatic hydroxyl groups is 1. The fraction of sp³-hybridized carbons (Fsp3) is 0.333. The molecule has 0 aliphatic rings. The normalized spacial score (nSPS) is 11.5. The number of alkyl halides is 3. The molecule has 0 fully saturated rings. The van der Waals surface area contributed by atoms with Crippen molar-refractivity contribution in [3.63, 3.8) is 0 Å². The molecule has 2 aromatic rings. The van der Waals surface area contributed by atoms with Gasteiger partial charge in [0.25, 0.3) is 0 Å². The van der Waals surface area contributed by atoms with E-state index in [0.29, 0.717) is 17.3 Å². The summed E-state index contributed by atoms with van der Waals surface area (Å²) in [4.78, 5) is 7.90. The molecule has 2 N–H and O–H groups in total. The van der Waals surface area contributed by atoms with Crippen LogP contribution < -0.4 is 5.32 Å². The van der Waals surface area contributed by atoms with Crippen molar-refractivity contribution in [1.29, 1.82) is 0 Å². The zero-order valence-electron chi connectivity index (χ0n) is 12.2. The highest BCUT2D eigenvalue weighted by Gasteiger charge is 2.33. The second kappa shape index (κ2) is 8.16. The third-order valence-corrected chi connectivity index (χ3v) is 3.97. The molecule has 0 aliphatic carbocycles. The molecule has 0 saturated carbocycles. The number of halogens is 3. The van der Waals surface area contributed by atoms with Crippen LogP contribution in [0.15, 0.2) is 36.7 Å². The molecule has 0 atom stereocenters. The van der Waals surface area contributed by atoms with Crippen molar-refractivity contribution >= 4 is 17.6 Å². The van der Waals surface area contributed by atoms with E-state index in [1.165, 1.54) is 12.3 Å². The molecule has 0 spiro atoms. The molecule has 8 heteroatoms. The maximum Gasteiger partial charge on any atom is 0.418 e. The second-order valence-corrected chi connectivity index (χ2v) is 5.78. The molecular formula is C15H16F3N3OS. The predicted octanol–water partition coefficient (Wildman–Crippen LogP) is 3.33. The van der Waals surface area contributed by atoms with E-state index in [1.54, 1.807) is 24.0 Å². The molecular weight excluding hydrogens is 327 g/mol. The van der Waals surface area contributed by atoms with Gasteiger partial charge in [0.1, 0.15) is 5.82 Å². The van der Waals surface area contributed by atoms with Gasteiger partial charge in [0.2, 0.25) is 0 Å². The Morgan fingerprint density at radius 2 is 2.00 bits per heavy atom. The number of rotatable bonds is 7. The van der Waals surface area contributed by atoms with Gasteiger partial charge in [-0.15, -0.1) is 0 Å². The minimum atomic E-state index is -4.43. The Bertz CT molecular complexity index is 637. The van der Waals surface area contributed by atoms with E-state index in [2.05, 4.69) is 15.3 Å². The van der Waals surface area contributed by atoms with Crippen LogP contribution in [0.4, 0.5) is 19.0 Å². The van der Waals surface area contributed by atoms with E-state index in [0.717, 1.165) is 11.6 Å². The van der Waals surface area contributed by atoms with Gasteiger partial charge >= 0.3 is 6.18 Å². The smallest absolute Gasteiger partial charge is 0.396 e. The summed E-state index contributed by atoms with van der Waals surface area (Å²) in [5.74, 6) is 1.83. The quantitative estimate of drug-likeness (QED) is 0.755. The Labute approximate surface area is 136 Å². The number of anilines is 1. The van der Waals surface area contributed by atoms with E-state index in [9.17, 15) is 13.2 Å². The lowest BCUT2D eigenvalue weighted by Gasteiger charge is -2.12. The first-order valence-corrected chi connectivity index (χ1v) is 8.04. The highest BCUT2D eigenvalue weighted by molar-refractivity contribution is 7.98. The van der Waals surface area contributed by atoms with Gasteiger partial charge in [0.15, 0.2) is 0 Å². The molecule has 0 amide bonds. The van der Waals surface area contributed by atoms with Crippen molar-refractivity contribution in [3.8, 4) is 0 Å². The predicted molar refractivity (Wildman–Crippen MR) is 84.1 cm³/mol. The molecule has 4 nitrogen and oxygen atoms in total. The number of hydrogen-bond acceptors (Lipinski definition) is 5. The molecule has 124 valence electrons. The van der Waals surface area contributed by atoms with Gasteiger partial charge in [-0.05, 0) is 29.8 Å². The first kappa shape index (κ1) is 17.6. The van der Waals surface area contributed by atoms with Gasteiger partial charge in [-0.25, -0.2) is 4.98 Å². The Kier molecular flexibility index (Phi) is 6.23. The molecule has 0 bridgehead atoms. The Balaban J connectivity index is 2.03. The van der Waals surface area contributed by atoms with Crippen LogP contribution in [0.3, 0.4) is 0 Å². The summed E-state index contributed by atoms with van der Waals surface area (Å²) in [5, 5.41) is 11.6. The fourth-order valence-electron chi connectivity index (χ4n) is 1.93. The largest absolute Gasteiger partial charge is 0.418 e. The van der Waals surface area contributed by atoms with Gasteiger partial charge in [0.05, 0.1) is 24.4 Å². The van der Waals surface area contributed by atoms with Crippen molar-refractivity contribution in [2.24, 2.45) is 0 Å². The summed E-state index contributed by atoms with van der Waals surface area (Å²) in [6.45, 7) is 0.0523. The van der Waals surface area contributed by atoms with Crippen LogP contribution in [0.2, 0.25) is 0 Å². The zero-order valence-corrected chi connectivity index (χ0v) is 13.0. The highest BCUT2D eigenvalue weighted by atomic mass is 32.2. The Morgan fingerprint density at radius 3 is 2.74 bits per heavy atom. The first-order chi connectivity index (χ1) is 11.0. The van der Waals surface area contributed by atoms with Crippen molar-refractivity contribution in [2.75, 3.05) is 17.7 Å². The van der Waals surface area contributed by atoms with Crippen LogP contribution in [-0.4, -0.2) is 27.4 Å². The van der Waals surface area contributed by atoms with Gasteiger partial charge in [-0.1, -0.05) is 0 Å². The highest BCUT2D eigenvalue weighted by Crippen LogP contribution is 2.31. The molecule has 0 aliphatic heterocycles. The third-order valence-electron chi connectivity index (χ3n) is 2.96. The second-order valence-electron chi connectivity index (χ2n) is 4.67. The van der Waals surface area contributed by atoms with Crippen LogP contribution in [0.5, 0.6) is 0 Å². The van der Waals surface area contributed by atoms with Crippen LogP contribution in [0, 0.1) is 0 Å². The topological polar surface area (TPSA) is 58.0 Å². The maximum atomic E-state index is 12.9. The molecule has 23 heavy (non-hydrogen) atoms. The maximum absolute atomic E-state index is 12.9. The van der Waals surface area contributed by atoms with Gasteiger partial charge in [-0.2, -0.15) is 24.9 Å². The summed E-state index contributed by atoms with van der Waals surface area (Å²) in [7, 11) is 0. The zero-order chi connectivity index (χ0) is 16.7. The molecule has 2 aromatic heterocycles. The van der Waals surface area contributed by atoms with Crippen LogP contribution >= 0.6 is 11.8 Å². The fourth-order valence-corrected chi connectivity index (χ4v) is 2.62. The standard InChI is InChI=1S/C15H16F3N3OS/c16-15(17,18)12-2-1-4-19-13(12)9-21-14-8-11(3-5-20-14)10-23-7-6-22/h1-5,8,22H,6-7,9-10H2,(H,20,21). The van der Waals surface area contributed by atoms with E-state index < -0.39 is 11.7 Å². The average Bonchev–Trinajstić information content (AvgIpc) is 2.53. The summed E-state index contributed by atoms with van der Waals surface area (Å²) in [6, 6.07) is 5.89. The van der Waals surface area contributed by atoms with E-state index in [4.69, 9.17) is 5.11 Å². The lowest BCUT2D eigenvalue weighted by Crippen LogP contribution is -2.13. The number of pyridine rings is 2. The van der Waals surface area contributed by atoms with Crippen molar-refractivity contribution in [3.05, 3.63) is 53.5 Å². The third kappa shape index (κ3) is 5.40. The number of thioether (sulfide) groups is 1. The molecule has 0 aromatic carbocycles. The molecule has 0 unspecified atom stereocenters. The Morgan fingerprint density at radius 1 is 1.17 bits per heavy atom. The number of nitrogens with one attached hydrogen (secondary N) is 1. The van der Waals surface area contributed by atoms with Crippen molar-refractivity contribution in [2.45, 2.75) is 18.5 Å². The van der Waals surface area contributed by atoms with E-state index >= 15 is 0 Å². The molecule has 0 saturated heterocycles. The van der Waals surface area contributed by atoms with Gasteiger partial charge in [-0.3, -0.25) is 4.98 Å². The van der Waals surface area contributed by atoms with Gasteiger partial charge < -0.3 is 10.4 Å². The summed E-state index contributed by atoms with van der Waals surface area (Å²) in [5.41, 5.74) is 0.169. The molecule has 2 rings (SSSR count). The summed E-state index contributed by atoms with van der Waals surface area (Å²) < 4.78 is 38.7. The number of aliphatic hydroxyl groups excluding tert-OH is 1.